The zero-order chi connectivity index (χ0) is 13.0. The molecule has 1 aromatic rings. The van der Waals surface area contributed by atoms with Crippen LogP contribution < -0.4 is 5.32 Å². The van der Waals surface area contributed by atoms with Gasteiger partial charge in [0.2, 0.25) is 0 Å². The molecule has 1 aromatic carbocycles. The summed E-state index contributed by atoms with van der Waals surface area (Å²) in [6.07, 6.45) is -0.435. The van der Waals surface area contributed by atoms with Crippen LogP contribution in [0.3, 0.4) is 0 Å². The first-order valence-corrected chi connectivity index (χ1v) is 7.09. The first-order valence-electron chi connectivity index (χ1n) is 6.10. The summed E-state index contributed by atoms with van der Waals surface area (Å²) in [5, 5.41) is 12.3. The highest BCUT2D eigenvalue weighted by Crippen LogP contribution is 2.22. The van der Waals surface area contributed by atoms with Crippen LogP contribution in [0.25, 0.3) is 0 Å². The van der Waals surface area contributed by atoms with Crippen LogP contribution in [0.15, 0.2) is 29.2 Å². The number of carbonyl (C=O) groups excluding carboxylic acids is 1. The molecule has 0 aliphatic carbocycles. The van der Waals surface area contributed by atoms with E-state index in [0.29, 0.717) is 0 Å². The summed E-state index contributed by atoms with van der Waals surface area (Å²) in [6, 6.07) is 7.93. The van der Waals surface area contributed by atoms with E-state index in [1.807, 2.05) is 29.2 Å². The van der Waals surface area contributed by atoms with Crippen LogP contribution in [0.2, 0.25) is 0 Å². The lowest BCUT2D eigenvalue weighted by atomic mass is 10.1. The fraction of sp³-hybridized carbons (Fsp3) is 0.462. The van der Waals surface area contributed by atoms with Gasteiger partial charge in [-0.15, -0.1) is 11.8 Å². The van der Waals surface area contributed by atoms with Crippen molar-refractivity contribution < 1.29 is 9.90 Å². The fourth-order valence-electron chi connectivity index (χ4n) is 1.86. The normalized spacial score (nSPS) is 16.8. The molecule has 1 aliphatic heterocycles. The van der Waals surface area contributed by atoms with Gasteiger partial charge in [0, 0.05) is 30.3 Å². The Kier molecular flexibility index (Phi) is 4.49. The Balaban J connectivity index is 1.82. The Bertz CT molecular complexity index is 423. The Morgan fingerprint density at radius 3 is 3.06 bits per heavy atom. The molecular formula is C13H18N2O2S. The van der Waals surface area contributed by atoms with Crippen molar-refractivity contribution >= 4 is 17.8 Å². The molecule has 1 fully saturated rings. The maximum absolute atomic E-state index is 11.3. The van der Waals surface area contributed by atoms with E-state index in [9.17, 15) is 9.90 Å². The van der Waals surface area contributed by atoms with Crippen molar-refractivity contribution in [2.24, 2.45) is 0 Å². The molecule has 1 heterocycles. The molecule has 0 radical (unpaired) electrons. The van der Waals surface area contributed by atoms with Crippen LogP contribution in [-0.2, 0) is 0 Å². The minimum absolute atomic E-state index is 0.0355. The molecule has 1 aliphatic rings. The highest BCUT2D eigenvalue weighted by Gasteiger charge is 2.18. The zero-order valence-corrected chi connectivity index (χ0v) is 11.2. The second-order valence-corrected chi connectivity index (χ2v) is 5.48. The van der Waals surface area contributed by atoms with Gasteiger partial charge in [0.25, 0.3) is 0 Å². The maximum Gasteiger partial charge on any atom is 0.317 e. The first-order chi connectivity index (χ1) is 8.66. The molecule has 0 saturated carbocycles. The molecule has 1 saturated heterocycles. The van der Waals surface area contributed by atoms with E-state index in [1.165, 1.54) is 0 Å². The number of aliphatic hydroxyl groups is 1. The molecule has 2 amide bonds. The Morgan fingerprint density at radius 2 is 2.39 bits per heavy atom. The summed E-state index contributed by atoms with van der Waals surface area (Å²) in [5.41, 5.74) is 0.930. The molecule has 2 rings (SSSR count). The molecule has 18 heavy (non-hydrogen) atoms. The van der Waals surface area contributed by atoms with E-state index >= 15 is 0 Å². The monoisotopic (exact) mass is 266 g/mol. The van der Waals surface area contributed by atoms with Crippen LogP contribution in [0.1, 0.15) is 18.6 Å². The molecule has 1 unspecified atom stereocenters. The lowest BCUT2D eigenvalue weighted by Crippen LogP contribution is -2.30. The minimum atomic E-state index is -0.435. The van der Waals surface area contributed by atoms with Crippen molar-refractivity contribution in [3.05, 3.63) is 29.8 Å². The maximum atomic E-state index is 11.3. The van der Waals surface area contributed by atoms with Crippen LogP contribution in [0.5, 0.6) is 0 Å². The average molecular weight is 266 g/mol. The van der Waals surface area contributed by atoms with Crippen molar-refractivity contribution in [1.29, 1.82) is 0 Å². The summed E-state index contributed by atoms with van der Waals surface area (Å²) < 4.78 is 0. The number of nitrogens with zero attached hydrogens (tertiary/aromatic N) is 1. The molecule has 98 valence electrons. The third kappa shape index (κ3) is 3.40. The van der Waals surface area contributed by atoms with Gasteiger partial charge >= 0.3 is 6.03 Å². The van der Waals surface area contributed by atoms with Crippen LogP contribution in [0, 0.1) is 0 Å². The minimum Gasteiger partial charge on any atom is -0.389 e. The number of carbonyl (C=O) groups is 1. The van der Waals surface area contributed by atoms with Gasteiger partial charge in [-0.25, -0.2) is 4.79 Å². The number of aliphatic hydroxyl groups excluding tert-OH is 1. The number of benzene rings is 1. The SMILES string of the molecule is CC(O)c1cccc(SCCN2CCNC2=O)c1. The van der Waals surface area contributed by atoms with Crippen molar-refractivity contribution in [3.63, 3.8) is 0 Å². The fourth-order valence-corrected chi connectivity index (χ4v) is 2.80. The van der Waals surface area contributed by atoms with Crippen molar-refractivity contribution in [2.45, 2.75) is 17.9 Å². The zero-order valence-electron chi connectivity index (χ0n) is 10.4. The summed E-state index contributed by atoms with van der Waals surface area (Å²) >= 11 is 1.71. The first kappa shape index (κ1) is 13.2. The Hall–Kier alpha value is -1.20. The van der Waals surface area contributed by atoms with Crippen LogP contribution in [0.4, 0.5) is 4.79 Å². The van der Waals surface area contributed by atoms with Crippen LogP contribution >= 0.6 is 11.8 Å². The summed E-state index contributed by atoms with van der Waals surface area (Å²) in [4.78, 5) is 14.3. The predicted octanol–water partition coefficient (Wildman–Crippen LogP) is 1.86. The highest BCUT2D eigenvalue weighted by molar-refractivity contribution is 7.99. The number of hydrogen-bond donors (Lipinski definition) is 2. The topological polar surface area (TPSA) is 52.6 Å². The lowest BCUT2D eigenvalue weighted by molar-refractivity contribution is 0.199. The van der Waals surface area contributed by atoms with E-state index in [1.54, 1.807) is 18.7 Å². The lowest BCUT2D eigenvalue weighted by Gasteiger charge is -2.13. The van der Waals surface area contributed by atoms with E-state index in [4.69, 9.17) is 0 Å². The van der Waals surface area contributed by atoms with Gasteiger partial charge in [-0.1, -0.05) is 12.1 Å². The number of nitrogens with one attached hydrogen (secondary N) is 1. The van der Waals surface area contributed by atoms with Crippen molar-refractivity contribution in [3.8, 4) is 0 Å². The van der Waals surface area contributed by atoms with E-state index in [0.717, 1.165) is 35.8 Å². The Labute approximate surface area is 111 Å². The largest absolute Gasteiger partial charge is 0.389 e. The Morgan fingerprint density at radius 1 is 1.56 bits per heavy atom. The van der Waals surface area contributed by atoms with Crippen molar-refractivity contribution in [1.82, 2.24) is 10.2 Å². The summed E-state index contributed by atoms with van der Waals surface area (Å²) in [6.45, 7) is 4.07. The van der Waals surface area contributed by atoms with Gasteiger partial charge in [-0.05, 0) is 24.6 Å². The van der Waals surface area contributed by atoms with E-state index in [-0.39, 0.29) is 6.03 Å². The van der Waals surface area contributed by atoms with E-state index in [2.05, 4.69) is 5.32 Å². The molecule has 2 N–H and O–H groups in total. The quantitative estimate of drug-likeness (QED) is 0.800. The smallest absolute Gasteiger partial charge is 0.317 e. The number of rotatable bonds is 5. The number of urea groups is 1. The predicted molar refractivity (Wildman–Crippen MR) is 72.8 cm³/mol. The molecule has 4 nitrogen and oxygen atoms in total. The van der Waals surface area contributed by atoms with Gasteiger partial charge in [-0.3, -0.25) is 0 Å². The van der Waals surface area contributed by atoms with Gasteiger partial charge in [-0.2, -0.15) is 0 Å². The van der Waals surface area contributed by atoms with Crippen LogP contribution in [-0.4, -0.2) is 41.4 Å². The molecule has 0 aromatic heterocycles. The standard InChI is InChI=1S/C13H18N2O2S/c1-10(16)11-3-2-4-12(9-11)18-8-7-15-6-5-14-13(15)17/h2-4,9-10,16H,5-8H2,1H3,(H,14,17). The molecule has 5 heteroatoms. The van der Waals surface area contributed by atoms with Gasteiger partial charge in [0.1, 0.15) is 0 Å². The molecule has 1 atom stereocenters. The third-order valence-electron chi connectivity index (χ3n) is 2.92. The number of amides is 2. The number of hydrogen-bond acceptors (Lipinski definition) is 3. The third-order valence-corrected chi connectivity index (χ3v) is 3.89. The van der Waals surface area contributed by atoms with Crippen molar-refractivity contribution in [2.75, 3.05) is 25.4 Å². The molecule has 0 spiro atoms. The highest BCUT2D eigenvalue weighted by atomic mass is 32.2. The summed E-state index contributed by atoms with van der Waals surface area (Å²) in [5.74, 6) is 0.872. The van der Waals surface area contributed by atoms with Gasteiger partial charge in [0.05, 0.1) is 6.10 Å². The molecular weight excluding hydrogens is 248 g/mol. The van der Waals surface area contributed by atoms with Gasteiger partial charge in [0.15, 0.2) is 0 Å². The second-order valence-electron chi connectivity index (χ2n) is 4.32. The molecule has 0 bridgehead atoms. The number of thioether (sulfide) groups is 1. The van der Waals surface area contributed by atoms with E-state index < -0.39 is 6.10 Å². The average Bonchev–Trinajstić information content (AvgIpc) is 2.76. The summed E-state index contributed by atoms with van der Waals surface area (Å²) in [7, 11) is 0. The second kappa shape index (κ2) is 6.11. The van der Waals surface area contributed by atoms with Gasteiger partial charge < -0.3 is 15.3 Å².